The highest BCUT2D eigenvalue weighted by Crippen LogP contribution is 2.24. The van der Waals surface area contributed by atoms with Gasteiger partial charge in [-0.1, -0.05) is 6.07 Å². The predicted molar refractivity (Wildman–Crippen MR) is 90.9 cm³/mol. The molecule has 0 aromatic carbocycles. The summed E-state index contributed by atoms with van der Waals surface area (Å²) in [6.45, 7) is 7.37. The number of carbonyl (C=O) groups excluding carboxylic acids is 1. The van der Waals surface area contributed by atoms with E-state index >= 15 is 0 Å². The third-order valence-electron chi connectivity index (χ3n) is 3.52. The van der Waals surface area contributed by atoms with Crippen molar-refractivity contribution < 1.29 is 9.53 Å². The molecule has 1 aliphatic heterocycles. The molecule has 1 fully saturated rings. The molecule has 2 heterocycles. The molecule has 4 nitrogen and oxygen atoms in total. The highest BCUT2D eigenvalue weighted by molar-refractivity contribution is 7.98. The highest BCUT2D eigenvalue weighted by atomic mass is 32.2. The first-order valence-corrected chi connectivity index (χ1v) is 9.04. The molecule has 2 rings (SSSR count). The van der Waals surface area contributed by atoms with E-state index in [1.165, 1.54) is 12.0 Å². The molecular weight excluding hydrogens is 296 g/mol. The summed E-state index contributed by atoms with van der Waals surface area (Å²) in [4.78, 5) is 18.1. The van der Waals surface area contributed by atoms with Crippen LogP contribution in [0.25, 0.3) is 0 Å². The third kappa shape index (κ3) is 5.87. The van der Waals surface area contributed by atoms with Gasteiger partial charge in [-0.05, 0) is 56.9 Å². The molecule has 0 spiro atoms. The Morgan fingerprint density at radius 1 is 1.50 bits per heavy atom. The average Bonchev–Trinajstić information content (AvgIpc) is 2.47. The van der Waals surface area contributed by atoms with Gasteiger partial charge in [-0.25, -0.2) is 4.79 Å². The van der Waals surface area contributed by atoms with Crippen LogP contribution in [0.4, 0.5) is 4.79 Å². The Morgan fingerprint density at radius 3 is 3.00 bits per heavy atom. The summed E-state index contributed by atoms with van der Waals surface area (Å²) in [5.41, 5.74) is 0.839. The number of hydrogen-bond donors (Lipinski definition) is 0. The number of carbonyl (C=O) groups is 1. The number of nitrogens with zero attached hydrogens (tertiary/aromatic N) is 2. The molecule has 1 aliphatic rings. The van der Waals surface area contributed by atoms with Crippen molar-refractivity contribution in [3.63, 3.8) is 0 Å². The van der Waals surface area contributed by atoms with E-state index in [4.69, 9.17) is 4.74 Å². The molecule has 0 bridgehead atoms. The fourth-order valence-corrected chi connectivity index (χ4v) is 3.65. The van der Waals surface area contributed by atoms with Crippen molar-refractivity contribution in [3.8, 4) is 0 Å². The highest BCUT2D eigenvalue weighted by Gasteiger charge is 2.27. The lowest BCUT2D eigenvalue weighted by Gasteiger charge is -2.34. The number of rotatable bonds is 4. The van der Waals surface area contributed by atoms with Crippen LogP contribution in [0.2, 0.25) is 0 Å². The summed E-state index contributed by atoms with van der Waals surface area (Å²) in [7, 11) is 0. The van der Waals surface area contributed by atoms with Crippen LogP contribution < -0.4 is 0 Å². The molecule has 0 N–H and O–H groups in total. The average molecular weight is 322 g/mol. The van der Waals surface area contributed by atoms with Gasteiger partial charge in [-0.3, -0.25) is 4.98 Å². The van der Waals surface area contributed by atoms with E-state index in [2.05, 4.69) is 11.1 Å². The monoisotopic (exact) mass is 322 g/mol. The Balaban J connectivity index is 1.75. The Hall–Kier alpha value is -1.23. The summed E-state index contributed by atoms with van der Waals surface area (Å²) in [5.74, 6) is 2.62. The standard InChI is InChI=1S/C17H26N2O2S/c1-17(2,3)21-16(20)19-9-5-7-15(11-19)13-22-12-14-6-4-8-18-10-14/h4,6,8,10,15H,5,7,9,11-13H2,1-3H3/t15-/m0/s1. The Labute approximate surface area is 137 Å². The maximum atomic E-state index is 12.1. The smallest absolute Gasteiger partial charge is 0.410 e. The van der Waals surface area contributed by atoms with Gasteiger partial charge in [0.05, 0.1) is 0 Å². The second-order valence-corrected chi connectivity index (χ2v) is 7.84. The lowest BCUT2D eigenvalue weighted by Crippen LogP contribution is -2.43. The van der Waals surface area contributed by atoms with E-state index in [-0.39, 0.29) is 6.09 Å². The Morgan fingerprint density at radius 2 is 2.32 bits per heavy atom. The molecule has 1 atom stereocenters. The fraction of sp³-hybridized carbons (Fsp3) is 0.647. The molecule has 1 aromatic heterocycles. The summed E-state index contributed by atoms with van der Waals surface area (Å²) in [6, 6.07) is 4.08. The van der Waals surface area contributed by atoms with Crippen LogP contribution in [-0.4, -0.2) is 40.4 Å². The number of piperidine rings is 1. The molecule has 0 aliphatic carbocycles. The van der Waals surface area contributed by atoms with E-state index in [0.29, 0.717) is 5.92 Å². The number of ether oxygens (including phenoxy) is 1. The molecule has 1 aromatic rings. The first-order valence-electron chi connectivity index (χ1n) is 7.88. The largest absolute Gasteiger partial charge is 0.444 e. The van der Waals surface area contributed by atoms with Crippen molar-refractivity contribution in [1.82, 2.24) is 9.88 Å². The van der Waals surface area contributed by atoms with Crippen LogP contribution in [0.15, 0.2) is 24.5 Å². The SMILES string of the molecule is CC(C)(C)OC(=O)N1CCC[C@H](CSCc2cccnc2)C1. The van der Waals surface area contributed by atoms with Crippen LogP contribution in [0.5, 0.6) is 0 Å². The minimum atomic E-state index is -0.418. The lowest BCUT2D eigenvalue weighted by molar-refractivity contribution is 0.0177. The summed E-state index contributed by atoms with van der Waals surface area (Å²) < 4.78 is 5.47. The van der Waals surface area contributed by atoms with Gasteiger partial charge in [0, 0.05) is 31.2 Å². The van der Waals surface area contributed by atoms with E-state index in [9.17, 15) is 4.79 Å². The van der Waals surface area contributed by atoms with E-state index < -0.39 is 5.60 Å². The van der Waals surface area contributed by atoms with Gasteiger partial charge in [0.1, 0.15) is 5.60 Å². The van der Waals surface area contributed by atoms with Gasteiger partial charge < -0.3 is 9.64 Å². The van der Waals surface area contributed by atoms with Gasteiger partial charge in [-0.2, -0.15) is 11.8 Å². The van der Waals surface area contributed by atoms with Crippen molar-refractivity contribution in [2.45, 2.75) is 45.0 Å². The summed E-state index contributed by atoms with van der Waals surface area (Å²) >= 11 is 1.92. The number of hydrogen-bond acceptors (Lipinski definition) is 4. The number of likely N-dealkylation sites (tertiary alicyclic amines) is 1. The van der Waals surface area contributed by atoms with Crippen molar-refractivity contribution >= 4 is 17.9 Å². The summed E-state index contributed by atoms with van der Waals surface area (Å²) in [6.07, 6.45) is 5.81. The molecule has 5 heteroatoms. The zero-order valence-corrected chi connectivity index (χ0v) is 14.6. The van der Waals surface area contributed by atoms with Crippen molar-refractivity contribution in [1.29, 1.82) is 0 Å². The second-order valence-electron chi connectivity index (χ2n) is 6.81. The van der Waals surface area contributed by atoms with Crippen LogP contribution in [-0.2, 0) is 10.5 Å². The Kier molecular flexibility index (Phi) is 6.12. The predicted octanol–water partition coefficient (Wildman–Crippen LogP) is 3.96. The summed E-state index contributed by atoms with van der Waals surface area (Å²) in [5, 5.41) is 0. The van der Waals surface area contributed by atoms with Gasteiger partial charge in [0.2, 0.25) is 0 Å². The van der Waals surface area contributed by atoms with Crippen LogP contribution in [0.1, 0.15) is 39.2 Å². The first kappa shape index (κ1) is 17.1. The maximum Gasteiger partial charge on any atom is 0.410 e. The van der Waals surface area contributed by atoms with Crippen molar-refractivity contribution in [2.75, 3.05) is 18.8 Å². The molecule has 22 heavy (non-hydrogen) atoms. The lowest BCUT2D eigenvalue weighted by atomic mass is 10.0. The van der Waals surface area contributed by atoms with E-state index in [1.54, 1.807) is 6.20 Å². The van der Waals surface area contributed by atoms with Gasteiger partial charge in [0.25, 0.3) is 0 Å². The number of aromatic nitrogens is 1. The molecule has 0 saturated carbocycles. The quantitative estimate of drug-likeness (QED) is 0.841. The zero-order chi connectivity index (χ0) is 16.0. The van der Waals surface area contributed by atoms with Crippen LogP contribution in [0, 0.1) is 5.92 Å². The van der Waals surface area contributed by atoms with Gasteiger partial charge in [-0.15, -0.1) is 0 Å². The van der Waals surface area contributed by atoms with Crippen molar-refractivity contribution in [3.05, 3.63) is 30.1 Å². The molecule has 0 radical (unpaired) electrons. The second kappa shape index (κ2) is 7.86. The number of pyridine rings is 1. The molecular formula is C17H26N2O2S. The Bertz CT molecular complexity index is 473. The van der Waals surface area contributed by atoms with Gasteiger partial charge >= 0.3 is 6.09 Å². The van der Waals surface area contributed by atoms with E-state index in [0.717, 1.165) is 31.0 Å². The zero-order valence-electron chi connectivity index (χ0n) is 13.7. The maximum absolute atomic E-state index is 12.1. The number of amides is 1. The first-order chi connectivity index (χ1) is 10.4. The van der Waals surface area contributed by atoms with Crippen molar-refractivity contribution in [2.24, 2.45) is 5.92 Å². The van der Waals surface area contributed by atoms with Gasteiger partial charge in [0.15, 0.2) is 0 Å². The number of thioether (sulfide) groups is 1. The minimum absolute atomic E-state index is 0.172. The fourth-order valence-electron chi connectivity index (χ4n) is 2.52. The topological polar surface area (TPSA) is 42.4 Å². The van der Waals surface area contributed by atoms with E-state index in [1.807, 2.05) is 49.7 Å². The normalized spacial score (nSPS) is 19.0. The molecule has 1 amide bonds. The molecule has 122 valence electrons. The third-order valence-corrected chi connectivity index (χ3v) is 4.76. The molecule has 0 unspecified atom stereocenters. The molecule has 1 saturated heterocycles. The van der Waals surface area contributed by atoms with Crippen LogP contribution >= 0.6 is 11.8 Å². The minimum Gasteiger partial charge on any atom is -0.444 e. The van der Waals surface area contributed by atoms with Crippen LogP contribution in [0.3, 0.4) is 0 Å².